The van der Waals surface area contributed by atoms with E-state index in [9.17, 15) is 8.78 Å². The molecular weight excluding hydrogens is 282 g/mol. The second-order valence-corrected chi connectivity index (χ2v) is 5.37. The summed E-state index contributed by atoms with van der Waals surface area (Å²) < 4.78 is 29.2. The van der Waals surface area contributed by atoms with Crippen molar-refractivity contribution in [3.63, 3.8) is 0 Å². The zero-order valence-electron chi connectivity index (χ0n) is 11.3. The Hall–Kier alpha value is -1.43. The van der Waals surface area contributed by atoms with E-state index in [0.29, 0.717) is 16.8 Å². The van der Waals surface area contributed by atoms with Gasteiger partial charge in [-0.05, 0) is 49.7 Å². The Bertz CT molecular complexity index is 476. The molecule has 6 heteroatoms. The maximum absolute atomic E-state index is 12.4. The van der Waals surface area contributed by atoms with Crippen LogP contribution >= 0.6 is 12.2 Å². The van der Waals surface area contributed by atoms with Crippen molar-refractivity contribution in [3.05, 3.63) is 23.8 Å². The summed E-state index contributed by atoms with van der Waals surface area (Å²) in [4.78, 5) is 0. The molecule has 1 aliphatic carbocycles. The minimum atomic E-state index is -2.85. The summed E-state index contributed by atoms with van der Waals surface area (Å²) in [6.45, 7) is -0.972. The molecule has 2 rings (SSSR count). The average molecular weight is 300 g/mol. The van der Waals surface area contributed by atoms with Crippen LogP contribution in [0.25, 0.3) is 0 Å². The lowest BCUT2D eigenvalue weighted by Crippen LogP contribution is -2.36. The van der Waals surface area contributed by atoms with Gasteiger partial charge in [-0.3, -0.25) is 0 Å². The number of hydrogen-bond donors (Lipinski definition) is 2. The van der Waals surface area contributed by atoms with Crippen LogP contribution in [0.4, 0.5) is 14.5 Å². The summed E-state index contributed by atoms with van der Waals surface area (Å²) >= 11 is 5.22. The molecule has 1 saturated carbocycles. The van der Waals surface area contributed by atoms with Crippen LogP contribution in [0.15, 0.2) is 18.2 Å². The van der Waals surface area contributed by atoms with E-state index in [-0.39, 0.29) is 5.75 Å². The van der Waals surface area contributed by atoms with E-state index in [0.717, 1.165) is 18.4 Å². The molecule has 110 valence electrons. The molecule has 0 amide bonds. The Morgan fingerprint density at radius 1 is 1.35 bits per heavy atom. The van der Waals surface area contributed by atoms with Gasteiger partial charge < -0.3 is 15.4 Å². The highest BCUT2D eigenvalue weighted by Crippen LogP contribution is 2.27. The lowest BCUT2D eigenvalue weighted by Gasteiger charge is -2.18. The fourth-order valence-corrected chi connectivity index (χ4v) is 2.63. The summed E-state index contributed by atoms with van der Waals surface area (Å²) in [6, 6.07) is 5.35. The number of hydrogen-bond acceptors (Lipinski definition) is 2. The minimum Gasteiger partial charge on any atom is -0.433 e. The molecule has 0 saturated heterocycles. The van der Waals surface area contributed by atoms with Crippen LogP contribution in [-0.2, 0) is 0 Å². The first-order valence-corrected chi connectivity index (χ1v) is 7.08. The molecule has 0 radical (unpaired) electrons. The van der Waals surface area contributed by atoms with Gasteiger partial charge in [0.2, 0.25) is 0 Å². The zero-order chi connectivity index (χ0) is 14.5. The second kappa shape index (κ2) is 6.83. The Morgan fingerprint density at radius 3 is 2.70 bits per heavy atom. The molecule has 0 bridgehead atoms. The van der Waals surface area contributed by atoms with Crippen LogP contribution in [0, 0.1) is 6.92 Å². The van der Waals surface area contributed by atoms with Crippen molar-refractivity contribution >= 4 is 23.0 Å². The Morgan fingerprint density at radius 2 is 2.05 bits per heavy atom. The highest BCUT2D eigenvalue weighted by molar-refractivity contribution is 7.80. The molecule has 1 aromatic carbocycles. The number of benzene rings is 1. The molecule has 0 unspecified atom stereocenters. The lowest BCUT2D eigenvalue weighted by molar-refractivity contribution is -0.0493. The van der Waals surface area contributed by atoms with Crippen LogP contribution in [0.3, 0.4) is 0 Å². The lowest BCUT2D eigenvalue weighted by atomic mass is 10.2. The molecule has 20 heavy (non-hydrogen) atoms. The number of alkyl halides is 2. The predicted octanol–water partition coefficient (Wildman–Crippen LogP) is 3.83. The number of halogens is 2. The molecule has 0 atom stereocenters. The maximum atomic E-state index is 12.4. The molecular formula is C14H18F2N2OS. The SMILES string of the molecule is Cc1ccc(OC(F)F)c(NC(=S)NC2CCCC2)c1. The van der Waals surface area contributed by atoms with E-state index in [1.807, 2.05) is 6.92 Å². The highest BCUT2D eigenvalue weighted by Gasteiger charge is 2.16. The van der Waals surface area contributed by atoms with Gasteiger partial charge >= 0.3 is 6.61 Å². The zero-order valence-corrected chi connectivity index (χ0v) is 12.1. The predicted molar refractivity (Wildman–Crippen MR) is 79.4 cm³/mol. The van der Waals surface area contributed by atoms with E-state index < -0.39 is 6.61 Å². The van der Waals surface area contributed by atoms with E-state index in [1.54, 1.807) is 12.1 Å². The monoisotopic (exact) mass is 300 g/mol. The number of thiocarbonyl (C=S) groups is 1. The highest BCUT2D eigenvalue weighted by atomic mass is 32.1. The quantitative estimate of drug-likeness (QED) is 0.828. The molecule has 3 nitrogen and oxygen atoms in total. The molecule has 1 aromatic rings. The molecule has 1 fully saturated rings. The number of anilines is 1. The van der Waals surface area contributed by atoms with Crippen molar-refractivity contribution in [1.82, 2.24) is 5.32 Å². The third-order valence-corrected chi connectivity index (χ3v) is 3.51. The Balaban J connectivity index is 2.02. The van der Waals surface area contributed by atoms with E-state index >= 15 is 0 Å². The van der Waals surface area contributed by atoms with Gasteiger partial charge in [-0.15, -0.1) is 0 Å². The molecule has 2 N–H and O–H groups in total. The third kappa shape index (κ3) is 4.30. The molecule has 0 aliphatic heterocycles. The standard InChI is InChI=1S/C14H18F2N2OS/c1-9-6-7-12(19-13(15)16)11(8-9)18-14(20)17-10-4-2-3-5-10/h6-8,10,13H,2-5H2,1H3,(H2,17,18,20). The topological polar surface area (TPSA) is 33.3 Å². The number of rotatable bonds is 4. The van der Waals surface area contributed by atoms with Crippen LogP contribution in [0.5, 0.6) is 5.75 Å². The number of aryl methyl sites for hydroxylation is 1. The van der Waals surface area contributed by atoms with Gasteiger partial charge in [0.25, 0.3) is 0 Å². The molecule has 0 spiro atoms. The fraction of sp³-hybridized carbons (Fsp3) is 0.500. The van der Waals surface area contributed by atoms with Gasteiger partial charge in [-0.1, -0.05) is 18.9 Å². The Kier molecular flexibility index (Phi) is 5.11. The second-order valence-electron chi connectivity index (χ2n) is 4.96. The van der Waals surface area contributed by atoms with Gasteiger partial charge in [0.05, 0.1) is 5.69 Å². The van der Waals surface area contributed by atoms with Crippen molar-refractivity contribution in [2.75, 3.05) is 5.32 Å². The number of ether oxygens (including phenoxy) is 1. The normalized spacial score (nSPS) is 15.4. The molecule has 0 aromatic heterocycles. The summed E-state index contributed by atoms with van der Waals surface area (Å²) in [6.07, 6.45) is 4.58. The summed E-state index contributed by atoms with van der Waals surface area (Å²) in [5, 5.41) is 6.60. The van der Waals surface area contributed by atoms with Gasteiger partial charge in [0.15, 0.2) is 5.11 Å². The summed E-state index contributed by atoms with van der Waals surface area (Å²) in [5.74, 6) is 0.0983. The molecule has 1 aliphatic rings. The fourth-order valence-electron chi connectivity index (χ4n) is 2.35. The Labute approximate surface area is 122 Å². The van der Waals surface area contributed by atoms with Gasteiger partial charge in [-0.25, -0.2) is 0 Å². The van der Waals surface area contributed by atoms with Crippen molar-refractivity contribution in [2.45, 2.75) is 45.3 Å². The van der Waals surface area contributed by atoms with Crippen molar-refractivity contribution in [3.8, 4) is 5.75 Å². The van der Waals surface area contributed by atoms with Crippen molar-refractivity contribution in [1.29, 1.82) is 0 Å². The van der Waals surface area contributed by atoms with Crippen LogP contribution < -0.4 is 15.4 Å². The van der Waals surface area contributed by atoms with Crippen LogP contribution in [0.2, 0.25) is 0 Å². The summed E-state index contributed by atoms with van der Waals surface area (Å²) in [5.41, 5.74) is 1.40. The average Bonchev–Trinajstić information content (AvgIpc) is 2.84. The third-order valence-electron chi connectivity index (χ3n) is 3.29. The first-order valence-electron chi connectivity index (χ1n) is 6.67. The first kappa shape index (κ1) is 15.0. The van der Waals surface area contributed by atoms with Crippen molar-refractivity contribution in [2.24, 2.45) is 0 Å². The van der Waals surface area contributed by atoms with E-state index in [1.165, 1.54) is 18.9 Å². The van der Waals surface area contributed by atoms with Crippen molar-refractivity contribution < 1.29 is 13.5 Å². The summed E-state index contributed by atoms with van der Waals surface area (Å²) in [7, 11) is 0. The van der Waals surface area contributed by atoms with Crippen LogP contribution in [-0.4, -0.2) is 17.8 Å². The smallest absolute Gasteiger partial charge is 0.387 e. The number of nitrogens with one attached hydrogen (secondary N) is 2. The van der Waals surface area contributed by atoms with Gasteiger partial charge in [0, 0.05) is 6.04 Å². The van der Waals surface area contributed by atoms with E-state index in [4.69, 9.17) is 12.2 Å². The van der Waals surface area contributed by atoms with Gasteiger partial charge in [-0.2, -0.15) is 8.78 Å². The maximum Gasteiger partial charge on any atom is 0.387 e. The first-order chi connectivity index (χ1) is 9.54. The minimum absolute atomic E-state index is 0.0983. The van der Waals surface area contributed by atoms with Gasteiger partial charge in [0.1, 0.15) is 5.75 Å². The molecule has 0 heterocycles. The van der Waals surface area contributed by atoms with Crippen LogP contribution in [0.1, 0.15) is 31.2 Å². The largest absolute Gasteiger partial charge is 0.433 e. The van der Waals surface area contributed by atoms with E-state index in [2.05, 4.69) is 15.4 Å².